The molecule has 0 spiro atoms. The first-order valence-electron chi connectivity index (χ1n) is 1.60. The number of rotatable bonds is 1. The zero-order valence-electron chi connectivity index (χ0n) is 3.51. The van der Waals surface area contributed by atoms with E-state index >= 15 is 0 Å². The molecule has 0 amide bonds. The maximum Gasteiger partial charge on any atom is 0.219 e. The second-order valence-electron chi connectivity index (χ2n) is 1.33. The van der Waals surface area contributed by atoms with Gasteiger partial charge in [-0.05, 0) is 6.92 Å². The van der Waals surface area contributed by atoms with E-state index in [-0.39, 0.29) is 0 Å². The lowest BCUT2D eigenvalue weighted by molar-refractivity contribution is -0.212. The normalized spacial score (nSPS) is 12.0. The molecule has 0 saturated heterocycles. The van der Waals surface area contributed by atoms with E-state index in [4.69, 9.17) is 10.2 Å². The molecule has 0 aromatic carbocycles. The number of aliphatic hydroxyl groups excluding tert-OH is 1. The quantitative estimate of drug-likeness (QED) is 0.411. The molecule has 0 rings (SSSR count). The third-order valence-corrected chi connectivity index (χ3v) is 0.293. The first-order chi connectivity index (χ1) is 2.56. The van der Waals surface area contributed by atoms with E-state index in [0.717, 1.165) is 6.92 Å². The van der Waals surface area contributed by atoms with Gasteiger partial charge >= 0.3 is 0 Å². The van der Waals surface area contributed by atoms with Crippen molar-refractivity contribution in [1.29, 1.82) is 0 Å². The lowest BCUT2D eigenvalue weighted by Gasteiger charge is -2.05. The molecule has 1 radical (unpaired) electrons. The van der Waals surface area contributed by atoms with Gasteiger partial charge in [0.1, 0.15) is 0 Å². The van der Waals surface area contributed by atoms with Gasteiger partial charge in [-0.25, -0.2) is 0 Å². The zero-order chi connectivity index (χ0) is 5.21. The molecule has 0 fully saturated rings. The Hall–Kier alpha value is -0.120. The Balaban J connectivity index is 3.17. The Labute approximate surface area is 35.9 Å². The molecule has 0 aliphatic heterocycles. The van der Waals surface area contributed by atoms with Gasteiger partial charge in [0.05, 0.1) is 6.61 Å². The van der Waals surface area contributed by atoms with Crippen LogP contribution in [0.15, 0.2) is 0 Å². The summed E-state index contributed by atoms with van der Waals surface area (Å²) in [5.74, 6) is -2.15. The minimum atomic E-state index is -2.15. The Bertz CT molecular complexity index is 35.8. The fraction of sp³-hybridized carbons (Fsp3) is 1.00. The molecular weight excluding hydrogens is 84.0 g/mol. The van der Waals surface area contributed by atoms with Crippen LogP contribution in [-0.2, 0) is 5.11 Å². The average Bonchev–Trinajstić information content (AvgIpc) is 1.35. The second kappa shape index (κ2) is 1.55. The van der Waals surface area contributed by atoms with Crippen LogP contribution in [0.25, 0.3) is 0 Å². The summed E-state index contributed by atoms with van der Waals surface area (Å²) < 4.78 is 0. The van der Waals surface area contributed by atoms with Gasteiger partial charge in [0.15, 0.2) is 0 Å². The Morgan fingerprint density at radius 1 is 1.83 bits per heavy atom. The standard InChI is InChI=1S/C3H7O3/c1-3(5,6)2-4/h4-5H,2H2,1H3. The minimum absolute atomic E-state index is 0.729. The summed E-state index contributed by atoms with van der Waals surface area (Å²) in [6.07, 6.45) is 0. The van der Waals surface area contributed by atoms with E-state index in [2.05, 4.69) is 0 Å². The van der Waals surface area contributed by atoms with Crippen LogP contribution in [0.5, 0.6) is 0 Å². The number of aliphatic hydroxyl groups is 2. The van der Waals surface area contributed by atoms with Crippen molar-refractivity contribution in [1.82, 2.24) is 0 Å². The Kier molecular flexibility index (Phi) is 1.52. The highest BCUT2D eigenvalue weighted by atomic mass is 16.5. The van der Waals surface area contributed by atoms with Gasteiger partial charge < -0.3 is 10.2 Å². The smallest absolute Gasteiger partial charge is 0.219 e. The lowest BCUT2D eigenvalue weighted by Crippen LogP contribution is -2.25. The van der Waals surface area contributed by atoms with Gasteiger partial charge in [-0.15, -0.1) is 0 Å². The van der Waals surface area contributed by atoms with Crippen molar-refractivity contribution < 1.29 is 15.3 Å². The Morgan fingerprint density at radius 2 is 2.00 bits per heavy atom. The summed E-state index contributed by atoms with van der Waals surface area (Å²) in [6.45, 7) is 0.264. The molecule has 2 N–H and O–H groups in total. The van der Waals surface area contributed by atoms with Gasteiger partial charge in [0, 0.05) is 0 Å². The van der Waals surface area contributed by atoms with Crippen LogP contribution in [0.1, 0.15) is 6.92 Å². The zero-order valence-corrected chi connectivity index (χ0v) is 3.51. The van der Waals surface area contributed by atoms with Gasteiger partial charge in [0.2, 0.25) is 5.79 Å². The molecule has 3 heteroatoms. The summed E-state index contributed by atoms with van der Waals surface area (Å²) in [5.41, 5.74) is 0. The third kappa shape index (κ3) is 3.88. The molecule has 0 aliphatic rings. The van der Waals surface area contributed by atoms with Crippen LogP contribution in [0.2, 0.25) is 0 Å². The molecule has 0 aromatic rings. The molecule has 37 valence electrons. The largest absolute Gasteiger partial charge is 0.391 e. The number of hydrogen-bond acceptors (Lipinski definition) is 2. The first kappa shape index (κ1) is 5.88. The van der Waals surface area contributed by atoms with Crippen LogP contribution >= 0.6 is 0 Å². The van der Waals surface area contributed by atoms with E-state index in [1.54, 1.807) is 0 Å². The highest BCUT2D eigenvalue weighted by molar-refractivity contribution is 4.47. The predicted octanol–water partition coefficient (Wildman–Crippen LogP) is -0.882. The molecular formula is C3H7O3. The van der Waals surface area contributed by atoms with Crippen molar-refractivity contribution in [3.63, 3.8) is 0 Å². The highest BCUT2D eigenvalue weighted by Gasteiger charge is 2.13. The third-order valence-electron chi connectivity index (χ3n) is 0.293. The van der Waals surface area contributed by atoms with E-state index in [9.17, 15) is 5.11 Å². The summed E-state index contributed by atoms with van der Waals surface area (Å²) in [4.78, 5) is 0. The summed E-state index contributed by atoms with van der Waals surface area (Å²) in [5, 5.41) is 25.6. The lowest BCUT2D eigenvalue weighted by atomic mass is 10.4. The van der Waals surface area contributed by atoms with E-state index in [1.807, 2.05) is 0 Å². The highest BCUT2D eigenvalue weighted by Crippen LogP contribution is 1.91. The SMILES string of the molecule is CC([O])(O)CO. The van der Waals surface area contributed by atoms with E-state index in [0.29, 0.717) is 0 Å². The molecule has 3 nitrogen and oxygen atoms in total. The van der Waals surface area contributed by atoms with Crippen LogP contribution in [0.4, 0.5) is 0 Å². The van der Waals surface area contributed by atoms with Crippen molar-refractivity contribution in [2.24, 2.45) is 0 Å². The maximum absolute atomic E-state index is 9.78. The monoisotopic (exact) mass is 91.0 g/mol. The topological polar surface area (TPSA) is 60.4 Å². The van der Waals surface area contributed by atoms with Gasteiger partial charge in [-0.2, -0.15) is 5.11 Å². The molecule has 1 unspecified atom stereocenters. The van der Waals surface area contributed by atoms with Crippen molar-refractivity contribution in [2.75, 3.05) is 6.61 Å². The molecule has 6 heavy (non-hydrogen) atoms. The van der Waals surface area contributed by atoms with Gasteiger partial charge in [-0.1, -0.05) is 0 Å². The second-order valence-corrected chi connectivity index (χ2v) is 1.33. The van der Waals surface area contributed by atoms with Gasteiger partial charge in [0.25, 0.3) is 0 Å². The average molecular weight is 91.1 g/mol. The first-order valence-corrected chi connectivity index (χ1v) is 1.60. The molecule has 1 atom stereocenters. The number of hydrogen-bond donors (Lipinski definition) is 2. The van der Waals surface area contributed by atoms with Crippen LogP contribution in [0, 0.1) is 0 Å². The minimum Gasteiger partial charge on any atom is -0.391 e. The molecule has 0 bridgehead atoms. The summed E-state index contributed by atoms with van der Waals surface area (Å²) in [6, 6.07) is 0. The Morgan fingerprint density at radius 3 is 2.00 bits per heavy atom. The fourth-order valence-corrected chi connectivity index (χ4v) is 0. The molecule has 0 heterocycles. The molecule has 0 aromatic heterocycles. The summed E-state index contributed by atoms with van der Waals surface area (Å²) >= 11 is 0. The van der Waals surface area contributed by atoms with E-state index < -0.39 is 12.4 Å². The van der Waals surface area contributed by atoms with Crippen LogP contribution in [0.3, 0.4) is 0 Å². The van der Waals surface area contributed by atoms with Crippen LogP contribution < -0.4 is 0 Å². The fourth-order valence-electron chi connectivity index (χ4n) is 0. The predicted molar refractivity (Wildman–Crippen MR) is 18.4 cm³/mol. The van der Waals surface area contributed by atoms with Crippen molar-refractivity contribution in [3.8, 4) is 0 Å². The van der Waals surface area contributed by atoms with Crippen molar-refractivity contribution in [2.45, 2.75) is 12.7 Å². The summed E-state index contributed by atoms with van der Waals surface area (Å²) in [7, 11) is 0. The van der Waals surface area contributed by atoms with Gasteiger partial charge in [-0.3, -0.25) is 0 Å². The van der Waals surface area contributed by atoms with Crippen molar-refractivity contribution in [3.05, 3.63) is 0 Å². The van der Waals surface area contributed by atoms with Crippen molar-refractivity contribution >= 4 is 0 Å². The maximum atomic E-state index is 9.78. The van der Waals surface area contributed by atoms with E-state index in [1.165, 1.54) is 0 Å². The molecule has 0 aliphatic carbocycles. The van der Waals surface area contributed by atoms with Crippen LogP contribution in [-0.4, -0.2) is 22.6 Å². The molecule has 0 saturated carbocycles.